The maximum atomic E-state index is 13.9. The molecule has 0 radical (unpaired) electrons. The summed E-state index contributed by atoms with van der Waals surface area (Å²) in [5.74, 6) is -2.39. The van der Waals surface area contributed by atoms with Crippen molar-refractivity contribution in [2.24, 2.45) is 0 Å². The standard InChI is InChI=1S/C14H11ClFNO4S/c1-8-5-6-11(9(7-8)14(18)19)17-22(20,21)12-4-2-3-10(15)13(12)16/h2-7,17H,1H3,(H,18,19). The number of carboxylic acids is 1. The summed E-state index contributed by atoms with van der Waals surface area (Å²) in [5, 5.41) is 8.78. The molecule has 0 heterocycles. The van der Waals surface area contributed by atoms with Gasteiger partial charge < -0.3 is 5.11 Å². The SMILES string of the molecule is Cc1ccc(NS(=O)(=O)c2cccc(Cl)c2F)c(C(=O)O)c1. The Morgan fingerprint density at radius 3 is 2.59 bits per heavy atom. The predicted molar refractivity (Wildman–Crippen MR) is 80.4 cm³/mol. The average Bonchev–Trinajstić information content (AvgIpc) is 2.43. The van der Waals surface area contributed by atoms with Gasteiger partial charge in [0, 0.05) is 0 Å². The second kappa shape index (κ2) is 5.94. The highest BCUT2D eigenvalue weighted by molar-refractivity contribution is 7.92. The molecule has 0 spiro atoms. The maximum Gasteiger partial charge on any atom is 0.337 e. The Morgan fingerprint density at radius 1 is 1.27 bits per heavy atom. The number of aromatic carboxylic acids is 1. The highest BCUT2D eigenvalue weighted by atomic mass is 35.5. The van der Waals surface area contributed by atoms with Crippen molar-refractivity contribution in [1.29, 1.82) is 0 Å². The minimum absolute atomic E-state index is 0.155. The van der Waals surface area contributed by atoms with Gasteiger partial charge in [0.15, 0.2) is 5.82 Å². The fourth-order valence-corrected chi connectivity index (χ4v) is 3.23. The van der Waals surface area contributed by atoms with Crippen LogP contribution < -0.4 is 4.72 Å². The molecule has 0 aliphatic rings. The van der Waals surface area contributed by atoms with E-state index in [9.17, 15) is 17.6 Å². The van der Waals surface area contributed by atoms with Gasteiger partial charge in [-0.05, 0) is 31.2 Å². The number of halogens is 2. The molecule has 0 fully saturated rings. The second-order valence-corrected chi connectivity index (χ2v) is 6.57. The number of carboxylic acid groups (broad SMARTS) is 1. The third-order valence-corrected chi connectivity index (χ3v) is 4.53. The van der Waals surface area contributed by atoms with Crippen molar-refractivity contribution < 1.29 is 22.7 Å². The Morgan fingerprint density at radius 2 is 1.95 bits per heavy atom. The van der Waals surface area contributed by atoms with E-state index < -0.39 is 26.7 Å². The quantitative estimate of drug-likeness (QED) is 0.892. The third kappa shape index (κ3) is 3.20. The zero-order valence-corrected chi connectivity index (χ0v) is 12.9. The molecule has 2 N–H and O–H groups in total. The number of hydrogen-bond donors (Lipinski definition) is 2. The third-order valence-electron chi connectivity index (χ3n) is 2.86. The molecule has 0 saturated carbocycles. The molecule has 0 bridgehead atoms. The molecule has 0 amide bonds. The highest BCUT2D eigenvalue weighted by Gasteiger charge is 2.23. The zero-order valence-electron chi connectivity index (χ0n) is 11.3. The van der Waals surface area contributed by atoms with Gasteiger partial charge in [0.25, 0.3) is 10.0 Å². The molecule has 0 aliphatic heterocycles. The first kappa shape index (κ1) is 16.3. The van der Waals surface area contributed by atoms with Crippen LogP contribution >= 0.6 is 11.6 Å². The van der Waals surface area contributed by atoms with Crippen molar-refractivity contribution in [3.05, 3.63) is 58.4 Å². The number of rotatable bonds is 4. The topological polar surface area (TPSA) is 83.5 Å². The van der Waals surface area contributed by atoms with E-state index in [2.05, 4.69) is 4.72 Å². The number of nitrogens with one attached hydrogen (secondary N) is 1. The summed E-state index contributed by atoms with van der Waals surface area (Å²) in [7, 11) is -4.31. The van der Waals surface area contributed by atoms with Crippen LogP contribution in [0.5, 0.6) is 0 Å². The molecule has 2 aromatic rings. The fourth-order valence-electron chi connectivity index (χ4n) is 1.82. The highest BCUT2D eigenvalue weighted by Crippen LogP contribution is 2.26. The molecule has 0 unspecified atom stereocenters. The van der Waals surface area contributed by atoms with Crippen LogP contribution in [0.25, 0.3) is 0 Å². The lowest BCUT2D eigenvalue weighted by Crippen LogP contribution is -2.17. The summed E-state index contributed by atoms with van der Waals surface area (Å²) in [6.07, 6.45) is 0. The van der Waals surface area contributed by atoms with Crippen molar-refractivity contribution in [3.8, 4) is 0 Å². The van der Waals surface area contributed by atoms with E-state index in [1.165, 1.54) is 24.3 Å². The summed E-state index contributed by atoms with van der Waals surface area (Å²) in [4.78, 5) is 10.5. The van der Waals surface area contributed by atoms with Gasteiger partial charge in [-0.2, -0.15) is 0 Å². The molecule has 8 heteroatoms. The van der Waals surface area contributed by atoms with E-state index in [1.54, 1.807) is 13.0 Å². The predicted octanol–water partition coefficient (Wildman–Crippen LogP) is 3.29. The lowest BCUT2D eigenvalue weighted by Gasteiger charge is -2.12. The summed E-state index contributed by atoms with van der Waals surface area (Å²) < 4.78 is 40.4. The number of aryl methyl sites for hydroxylation is 1. The van der Waals surface area contributed by atoms with E-state index in [1.807, 2.05) is 0 Å². The van der Waals surface area contributed by atoms with E-state index in [4.69, 9.17) is 16.7 Å². The van der Waals surface area contributed by atoms with Crippen molar-refractivity contribution >= 4 is 33.3 Å². The zero-order chi connectivity index (χ0) is 16.5. The number of hydrogen-bond acceptors (Lipinski definition) is 3. The monoisotopic (exact) mass is 343 g/mol. The number of anilines is 1. The summed E-state index contributed by atoms with van der Waals surface area (Å²) >= 11 is 5.56. The molecule has 22 heavy (non-hydrogen) atoms. The van der Waals surface area contributed by atoms with Crippen LogP contribution in [-0.4, -0.2) is 19.5 Å². The molecule has 0 aromatic heterocycles. The molecule has 0 saturated heterocycles. The van der Waals surface area contributed by atoms with Gasteiger partial charge in [0.05, 0.1) is 16.3 Å². The minimum atomic E-state index is -4.31. The van der Waals surface area contributed by atoms with Crippen LogP contribution in [-0.2, 0) is 10.0 Å². The Bertz CT molecular complexity index is 852. The van der Waals surface area contributed by atoms with Crippen molar-refractivity contribution in [1.82, 2.24) is 0 Å². The van der Waals surface area contributed by atoms with Gasteiger partial charge in [-0.25, -0.2) is 17.6 Å². The maximum absolute atomic E-state index is 13.9. The first-order chi connectivity index (χ1) is 10.2. The van der Waals surface area contributed by atoms with Crippen molar-refractivity contribution in [2.45, 2.75) is 11.8 Å². The van der Waals surface area contributed by atoms with Gasteiger partial charge in [-0.3, -0.25) is 4.72 Å². The number of carbonyl (C=O) groups is 1. The molecular weight excluding hydrogens is 333 g/mol. The minimum Gasteiger partial charge on any atom is -0.478 e. The lowest BCUT2D eigenvalue weighted by molar-refractivity contribution is 0.0698. The van der Waals surface area contributed by atoms with E-state index in [0.29, 0.717) is 5.56 Å². The summed E-state index contributed by atoms with van der Waals surface area (Å²) in [6.45, 7) is 1.67. The van der Waals surface area contributed by atoms with Gasteiger partial charge >= 0.3 is 5.97 Å². The van der Waals surface area contributed by atoms with Crippen molar-refractivity contribution in [2.75, 3.05) is 4.72 Å². The molecule has 2 aromatic carbocycles. The van der Waals surface area contributed by atoms with Crippen molar-refractivity contribution in [3.63, 3.8) is 0 Å². The van der Waals surface area contributed by atoms with Crippen LogP contribution in [0.2, 0.25) is 5.02 Å². The van der Waals surface area contributed by atoms with E-state index >= 15 is 0 Å². The fraction of sp³-hybridized carbons (Fsp3) is 0.0714. The molecule has 116 valence electrons. The molecule has 0 aliphatic carbocycles. The average molecular weight is 344 g/mol. The smallest absolute Gasteiger partial charge is 0.337 e. The van der Waals surface area contributed by atoms with Crippen LogP contribution in [0.1, 0.15) is 15.9 Å². The van der Waals surface area contributed by atoms with Gasteiger partial charge in [-0.1, -0.05) is 29.3 Å². The number of sulfonamides is 1. The largest absolute Gasteiger partial charge is 0.478 e. The Kier molecular flexibility index (Phi) is 4.39. The Labute approximate surface area is 131 Å². The molecule has 5 nitrogen and oxygen atoms in total. The van der Waals surface area contributed by atoms with E-state index in [-0.39, 0.29) is 16.3 Å². The lowest BCUT2D eigenvalue weighted by atomic mass is 10.1. The van der Waals surface area contributed by atoms with Crippen LogP contribution in [0.4, 0.5) is 10.1 Å². The summed E-state index contributed by atoms with van der Waals surface area (Å²) in [6, 6.07) is 7.70. The van der Waals surface area contributed by atoms with Crippen LogP contribution in [0, 0.1) is 12.7 Å². The van der Waals surface area contributed by atoms with E-state index in [0.717, 1.165) is 6.07 Å². The molecule has 0 atom stereocenters. The normalized spacial score (nSPS) is 11.2. The van der Waals surface area contributed by atoms with Crippen LogP contribution in [0.3, 0.4) is 0 Å². The molecule has 2 rings (SSSR count). The summed E-state index contributed by atoms with van der Waals surface area (Å²) in [5.41, 5.74) is 0.262. The van der Waals surface area contributed by atoms with Gasteiger partial charge in [0.1, 0.15) is 4.90 Å². The second-order valence-electron chi connectivity index (χ2n) is 4.51. The Balaban J connectivity index is 2.50. The Hall–Kier alpha value is -2.12. The van der Waals surface area contributed by atoms with Crippen LogP contribution in [0.15, 0.2) is 41.3 Å². The van der Waals surface area contributed by atoms with Gasteiger partial charge in [0.2, 0.25) is 0 Å². The number of benzene rings is 2. The first-order valence-electron chi connectivity index (χ1n) is 6.03. The van der Waals surface area contributed by atoms with Gasteiger partial charge in [-0.15, -0.1) is 0 Å². The first-order valence-corrected chi connectivity index (χ1v) is 7.89. The molecular formula is C14H11ClFNO4S.